The topological polar surface area (TPSA) is 80.3 Å². The molecule has 0 amide bonds. The number of carbonyl (C=O) groups is 1. The highest BCUT2D eigenvalue weighted by Crippen LogP contribution is 2.30. The molecule has 90 valence electrons. The summed E-state index contributed by atoms with van der Waals surface area (Å²) in [7, 11) is 0. The maximum Gasteiger partial charge on any atom is 0.169 e. The lowest BCUT2D eigenvalue weighted by molar-refractivity contribution is -0.377. The molecule has 0 fully saturated rings. The molecule has 0 aromatic carbocycles. The summed E-state index contributed by atoms with van der Waals surface area (Å²) in [5.74, 6) is -1.25. The third-order valence-electron chi connectivity index (χ3n) is 1.59. The number of hydrogen-bond acceptors (Lipinski definition) is 4. The van der Waals surface area contributed by atoms with Gasteiger partial charge in [0.1, 0.15) is 4.34 Å². The third-order valence-corrected chi connectivity index (χ3v) is 3.44. The Bertz CT molecular complexity index is 483. The smallest absolute Gasteiger partial charge is 0.169 e. The number of nitrogens with two attached hydrogens (primary N) is 1. The van der Waals surface area contributed by atoms with Crippen LogP contribution >= 0.6 is 34.5 Å². The number of carboxylic acid groups (broad SMARTS) is 1. The monoisotopic (exact) mass is 290 g/mol. The molecule has 0 bridgehead atoms. The van der Waals surface area contributed by atoms with Crippen LogP contribution < -0.4 is 15.8 Å². The third kappa shape index (κ3) is 4.60. The van der Waals surface area contributed by atoms with E-state index in [1.54, 1.807) is 24.5 Å². The minimum absolute atomic E-state index is 0.0509. The molecule has 17 heavy (non-hydrogen) atoms. The zero-order chi connectivity index (χ0) is 12.8. The predicted octanol–water partition coefficient (Wildman–Crippen LogP) is 1.50. The Balaban J connectivity index is 0.000000181. The highest BCUT2D eigenvalue weighted by atomic mass is 35.5. The summed E-state index contributed by atoms with van der Waals surface area (Å²) in [6.07, 6.45) is 3.57. The second-order valence-corrected chi connectivity index (χ2v) is 4.91. The van der Waals surface area contributed by atoms with E-state index in [0.29, 0.717) is 0 Å². The summed E-state index contributed by atoms with van der Waals surface area (Å²) in [4.78, 5) is 13.1. The number of carboxylic acids is 1. The Hall–Kier alpha value is -1.30. The molecule has 0 aliphatic rings. The van der Waals surface area contributed by atoms with E-state index >= 15 is 0 Å². The molecule has 0 unspecified atom stereocenters. The summed E-state index contributed by atoms with van der Waals surface area (Å²) < 4.78 is 0.279. The Morgan fingerprint density at radius 1 is 1.35 bits per heavy atom. The molecular weight excluding hydrogens is 283 g/mol. The molecule has 0 saturated carbocycles. The molecule has 0 aliphatic heterocycles. The number of pyridine rings is 1. The van der Waals surface area contributed by atoms with Crippen molar-refractivity contribution in [2.75, 3.05) is 5.73 Å². The molecule has 2 heterocycles. The molecule has 3 N–H and O–H groups in total. The second-order valence-electron chi connectivity index (χ2n) is 2.85. The number of halogens is 2. The van der Waals surface area contributed by atoms with Crippen molar-refractivity contribution in [3.05, 3.63) is 44.8 Å². The van der Waals surface area contributed by atoms with E-state index in [-0.39, 0.29) is 14.2 Å². The van der Waals surface area contributed by atoms with Gasteiger partial charge in [0.05, 0.1) is 15.9 Å². The number of anilines is 1. The summed E-state index contributed by atoms with van der Waals surface area (Å²) in [6.45, 7) is 0. The minimum Gasteiger partial charge on any atom is -0.544 e. The van der Waals surface area contributed by atoms with Gasteiger partial charge in [-0.25, -0.2) is 4.98 Å². The quantitative estimate of drug-likeness (QED) is 0.864. The lowest BCUT2D eigenvalue weighted by Gasteiger charge is -1.91. The molecule has 0 spiro atoms. The van der Waals surface area contributed by atoms with Crippen molar-refractivity contribution in [3.63, 3.8) is 0 Å². The number of H-pyrrole nitrogens is 1. The maximum absolute atomic E-state index is 10.1. The van der Waals surface area contributed by atoms with E-state index in [9.17, 15) is 9.90 Å². The normalized spacial score (nSPS) is 9.29. The van der Waals surface area contributed by atoms with Gasteiger partial charge >= 0.3 is 0 Å². The summed E-state index contributed by atoms with van der Waals surface area (Å²) in [5.41, 5.74) is 6.13. The molecule has 0 saturated heterocycles. The van der Waals surface area contributed by atoms with Gasteiger partial charge in [-0.1, -0.05) is 23.2 Å². The van der Waals surface area contributed by atoms with Crippen molar-refractivity contribution < 1.29 is 14.9 Å². The van der Waals surface area contributed by atoms with Crippen LogP contribution in [0.25, 0.3) is 0 Å². The van der Waals surface area contributed by atoms with Crippen molar-refractivity contribution in [1.82, 2.24) is 0 Å². The predicted molar refractivity (Wildman–Crippen MR) is 66.1 cm³/mol. The second kappa shape index (κ2) is 6.44. The number of thiophene rings is 1. The van der Waals surface area contributed by atoms with Crippen LogP contribution in [0.15, 0.2) is 30.6 Å². The van der Waals surface area contributed by atoms with Crippen LogP contribution in [-0.4, -0.2) is 5.97 Å². The minimum atomic E-state index is -1.25. The van der Waals surface area contributed by atoms with Crippen LogP contribution in [0.1, 0.15) is 9.67 Å². The lowest BCUT2D eigenvalue weighted by atomic mass is 10.4. The largest absolute Gasteiger partial charge is 0.544 e. The number of aromatic carboxylic acids is 1. The van der Waals surface area contributed by atoms with Crippen LogP contribution in [-0.2, 0) is 0 Å². The Morgan fingerprint density at radius 2 is 1.94 bits per heavy atom. The van der Waals surface area contributed by atoms with E-state index in [2.05, 4.69) is 4.98 Å². The van der Waals surface area contributed by atoms with Crippen molar-refractivity contribution >= 4 is 46.2 Å². The van der Waals surface area contributed by atoms with Crippen LogP contribution in [0.4, 0.5) is 5.69 Å². The first-order chi connectivity index (χ1) is 8.00. The van der Waals surface area contributed by atoms with Gasteiger partial charge in [0.15, 0.2) is 12.4 Å². The summed E-state index contributed by atoms with van der Waals surface area (Å²) >= 11 is 11.8. The van der Waals surface area contributed by atoms with Gasteiger partial charge in [0.25, 0.3) is 0 Å². The molecule has 2 aromatic heterocycles. The average molecular weight is 291 g/mol. The van der Waals surface area contributed by atoms with E-state index in [0.717, 1.165) is 17.0 Å². The molecule has 0 atom stereocenters. The average Bonchev–Trinajstić information content (AvgIpc) is 2.61. The number of aromatic nitrogens is 1. The Labute approximate surface area is 112 Å². The highest BCUT2D eigenvalue weighted by molar-refractivity contribution is 7.18. The fraction of sp³-hybridized carbons (Fsp3) is 0. The van der Waals surface area contributed by atoms with Gasteiger partial charge in [0.2, 0.25) is 0 Å². The van der Waals surface area contributed by atoms with Crippen LogP contribution in [0, 0.1) is 0 Å². The first-order valence-corrected chi connectivity index (χ1v) is 5.95. The van der Waals surface area contributed by atoms with Gasteiger partial charge < -0.3 is 15.6 Å². The first-order valence-electron chi connectivity index (χ1n) is 4.38. The fourth-order valence-electron chi connectivity index (χ4n) is 0.847. The number of hydrogen-bond donors (Lipinski definition) is 1. The van der Waals surface area contributed by atoms with Gasteiger partial charge in [-0.15, -0.1) is 11.3 Å². The standard InChI is InChI=1S/C5H2Cl2O2S.C5H6N2/c6-2-1-3(5(8)9)10-4(2)7;6-5-1-3-7-4-2-5/h1H,(H,8,9);1-4H,(H2,6,7). The molecule has 7 heteroatoms. The molecule has 0 aliphatic carbocycles. The van der Waals surface area contributed by atoms with E-state index < -0.39 is 5.97 Å². The van der Waals surface area contributed by atoms with E-state index in [4.69, 9.17) is 28.9 Å². The zero-order valence-electron chi connectivity index (χ0n) is 8.44. The van der Waals surface area contributed by atoms with Crippen molar-refractivity contribution in [3.8, 4) is 0 Å². The van der Waals surface area contributed by atoms with Crippen molar-refractivity contribution in [2.45, 2.75) is 0 Å². The van der Waals surface area contributed by atoms with Gasteiger partial charge in [-0.2, -0.15) is 0 Å². The lowest BCUT2D eigenvalue weighted by Crippen LogP contribution is -2.20. The maximum atomic E-state index is 10.1. The van der Waals surface area contributed by atoms with Crippen LogP contribution in [0.3, 0.4) is 0 Å². The van der Waals surface area contributed by atoms with E-state index in [1.165, 1.54) is 6.07 Å². The SMILES string of the molecule is Nc1cc[nH+]cc1.O=C([O-])c1cc(Cl)c(Cl)s1. The zero-order valence-corrected chi connectivity index (χ0v) is 10.8. The summed E-state index contributed by atoms with van der Waals surface area (Å²) in [6, 6.07) is 4.88. The Morgan fingerprint density at radius 3 is 2.18 bits per heavy atom. The molecule has 0 radical (unpaired) electrons. The van der Waals surface area contributed by atoms with Gasteiger partial charge in [-0.3, -0.25) is 0 Å². The van der Waals surface area contributed by atoms with Crippen molar-refractivity contribution in [2.24, 2.45) is 0 Å². The van der Waals surface area contributed by atoms with Crippen molar-refractivity contribution in [1.29, 1.82) is 0 Å². The highest BCUT2D eigenvalue weighted by Gasteiger charge is 2.04. The first kappa shape index (κ1) is 13.8. The molecule has 4 nitrogen and oxygen atoms in total. The molecular formula is C10H8Cl2N2O2S. The number of aromatic amines is 1. The van der Waals surface area contributed by atoms with Crippen LogP contribution in [0.5, 0.6) is 0 Å². The number of nitrogens with one attached hydrogen (secondary N) is 1. The van der Waals surface area contributed by atoms with Crippen LogP contribution in [0.2, 0.25) is 9.36 Å². The Kier molecular flexibility index (Phi) is 5.21. The summed E-state index contributed by atoms with van der Waals surface area (Å²) in [5, 5.41) is 10.4. The molecule has 2 rings (SSSR count). The fourth-order valence-corrected chi connectivity index (χ4v) is 2.05. The number of rotatable bonds is 1. The van der Waals surface area contributed by atoms with Gasteiger partial charge in [0, 0.05) is 17.8 Å². The number of carbonyl (C=O) groups excluding carboxylic acids is 1. The van der Waals surface area contributed by atoms with Gasteiger partial charge in [-0.05, 0) is 6.07 Å². The molecule has 2 aromatic rings. The number of nitrogen functional groups attached to an aromatic ring is 1. The van der Waals surface area contributed by atoms with E-state index in [1.807, 2.05) is 0 Å².